The Balaban J connectivity index is 1.54. The van der Waals surface area contributed by atoms with Gasteiger partial charge < -0.3 is 9.88 Å². The molecule has 1 aromatic heterocycles. The van der Waals surface area contributed by atoms with E-state index in [-0.39, 0.29) is 22.6 Å². The van der Waals surface area contributed by atoms with Crippen molar-refractivity contribution in [2.24, 2.45) is 7.05 Å². The first-order chi connectivity index (χ1) is 13.8. The molecule has 0 aliphatic rings. The lowest BCUT2D eigenvalue weighted by Gasteiger charge is -2.05. The number of nitrogens with one attached hydrogen (secondary N) is 1. The van der Waals surface area contributed by atoms with Crippen LogP contribution in [0.1, 0.15) is 5.56 Å². The lowest BCUT2D eigenvalue weighted by Crippen LogP contribution is -2.07. The molecule has 2 aromatic carbocycles. The number of carbonyl (C=O) groups excluding carboxylic acids is 1. The summed E-state index contributed by atoms with van der Waals surface area (Å²) in [5.74, 6) is -0.340. The van der Waals surface area contributed by atoms with Crippen LogP contribution in [0.3, 0.4) is 0 Å². The smallest absolute Gasteiger partial charge is 0.323 e. The zero-order valence-electron chi connectivity index (χ0n) is 15.1. The molecule has 29 heavy (non-hydrogen) atoms. The molecule has 0 bridgehead atoms. The number of aromatic nitrogens is 3. The molecule has 0 unspecified atom stereocenters. The Morgan fingerprint density at radius 3 is 2.31 bits per heavy atom. The number of anilines is 1. The molecular formula is C19H15F3N4OS2. The highest BCUT2D eigenvalue weighted by Gasteiger charge is 2.28. The van der Waals surface area contributed by atoms with E-state index in [2.05, 4.69) is 15.5 Å². The highest BCUT2D eigenvalue weighted by atomic mass is 32.2. The Labute approximate surface area is 173 Å². The van der Waals surface area contributed by atoms with Crippen LogP contribution in [-0.4, -0.2) is 26.2 Å². The van der Waals surface area contributed by atoms with Crippen molar-refractivity contribution in [3.63, 3.8) is 0 Å². The number of rotatable bonds is 6. The van der Waals surface area contributed by atoms with E-state index in [9.17, 15) is 18.0 Å². The minimum absolute atomic E-state index is 0.0957. The normalized spacial score (nSPS) is 11.7. The summed E-state index contributed by atoms with van der Waals surface area (Å²) in [6.45, 7) is 0. The monoisotopic (exact) mass is 436 g/mol. The predicted molar refractivity (Wildman–Crippen MR) is 108 cm³/mol. The van der Waals surface area contributed by atoms with Crippen LogP contribution < -0.4 is 5.32 Å². The third-order valence-electron chi connectivity index (χ3n) is 3.54. The van der Waals surface area contributed by atoms with Gasteiger partial charge in [-0.15, -0.1) is 10.2 Å². The van der Waals surface area contributed by atoms with Crippen LogP contribution >= 0.6 is 23.5 Å². The Kier molecular flexibility index (Phi) is 6.65. The molecule has 5 nitrogen and oxygen atoms in total. The lowest BCUT2D eigenvalue weighted by molar-refractivity contribution is -0.111. The molecule has 0 radical (unpaired) electrons. The largest absolute Gasteiger partial charge is 0.446 e. The van der Waals surface area contributed by atoms with Gasteiger partial charge in [-0.05, 0) is 71.6 Å². The number of hydrogen-bond acceptors (Lipinski definition) is 5. The summed E-state index contributed by atoms with van der Waals surface area (Å²) in [7, 11) is 1.85. The third-order valence-corrected chi connectivity index (χ3v) is 5.34. The van der Waals surface area contributed by atoms with Crippen molar-refractivity contribution in [3.8, 4) is 0 Å². The van der Waals surface area contributed by atoms with Gasteiger partial charge in [-0.1, -0.05) is 12.1 Å². The first kappa shape index (κ1) is 21.0. The minimum atomic E-state index is -4.32. The van der Waals surface area contributed by atoms with Gasteiger partial charge in [0.1, 0.15) is 6.33 Å². The fraction of sp³-hybridized carbons (Fsp3) is 0.105. The molecule has 0 saturated carbocycles. The van der Waals surface area contributed by atoms with Gasteiger partial charge in [0.2, 0.25) is 5.91 Å². The van der Waals surface area contributed by atoms with E-state index in [1.54, 1.807) is 23.0 Å². The van der Waals surface area contributed by atoms with Crippen LogP contribution in [0.15, 0.2) is 75.9 Å². The Bertz CT molecular complexity index is 1000. The number of halogens is 3. The van der Waals surface area contributed by atoms with E-state index in [1.165, 1.54) is 48.2 Å². The summed E-state index contributed by atoms with van der Waals surface area (Å²) in [6, 6.07) is 13.0. The summed E-state index contributed by atoms with van der Waals surface area (Å²) < 4.78 is 38.8. The lowest BCUT2D eigenvalue weighted by atomic mass is 10.2. The van der Waals surface area contributed by atoms with Gasteiger partial charge in [-0.2, -0.15) is 13.2 Å². The number of aryl methyl sites for hydroxylation is 1. The summed E-state index contributed by atoms with van der Waals surface area (Å²) in [5.41, 5.74) is -3.07. The number of nitrogens with zero attached hydrogens (tertiary/aromatic N) is 3. The summed E-state index contributed by atoms with van der Waals surface area (Å²) in [5, 5.41) is 11.3. The van der Waals surface area contributed by atoms with Crippen molar-refractivity contribution in [2.75, 3.05) is 5.32 Å². The van der Waals surface area contributed by atoms with Gasteiger partial charge in [0, 0.05) is 28.6 Å². The maximum atomic E-state index is 12.3. The number of amides is 1. The van der Waals surface area contributed by atoms with Gasteiger partial charge in [0.05, 0.1) is 0 Å². The van der Waals surface area contributed by atoms with Gasteiger partial charge in [0.25, 0.3) is 0 Å². The number of alkyl halides is 3. The molecular weight excluding hydrogens is 421 g/mol. The van der Waals surface area contributed by atoms with Gasteiger partial charge in [-0.3, -0.25) is 4.79 Å². The van der Waals surface area contributed by atoms with Gasteiger partial charge >= 0.3 is 5.51 Å². The van der Waals surface area contributed by atoms with Crippen LogP contribution in [0, 0.1) is 0 Å². The highest BCUT2D eigenvalue weighted by molar-refractivity contribution is 8.00. The van der Waals surface area contributed by atoms with Crippen molar-refractivity contribution in [2.45, 2.75) is 20.5 Å². The molecule has 1 N–H and O–H groups in total. The second-order valence-corrected chi connectivity index (χ2v) is 7.97. The zero-order valence-corrected chi connectivity index (χ0v) is 16.7. The summed E-state index contributed by atoms with van der Waals surface area (Å²) in [4.78, 5) is 13.1. The molecule has 1 heterocycles. The fourth-order valence-corrected chi connectivity index (χ4v) is 3.51. The van der Waals surface area contributed by atoms with E-state index in [4.69, 9.17) is 0 Å². The number of benzene rings is 2. The molecule has 0 saturated heterocycles. The third kappa shape index (κ3) is 6.68. The summed E-state index contributed by atoms with van der Waals surface area (Å²) in [6.07, 6.45) is 4.48. The second kappa shape index (κ2) is 9.19. The topological polar surface area (TPSA) is 59.8 Å². The van der Waals surface area contributed by atoms with Gasteiger partial charge in [0.15, 0.2) is 5.16 Å². The van der Waals surface area contributed by atoms with Crippen LogP contribution in [-0.2, 0) is 11.8 Å². The van der Waals surface area contributed by atoms with Crippen molar-refractivity contribution in [1.29, 1.82) is 0 Å². The molecule has 10 heteroatoms. The van der Waals surface area contributed by atoms with E-state index in [0.717, 1.165) is 10.1 Å². The average molecular weight is 436 g/mol. The number of hydrogen-bond donors (Lipinski definition) is 1. The van der Waals surface area contributed by atoms with E-state index >= 15 is 0 Å². The van der Waals surface area contributed by atoms with Gasteiger partial charge in [-0.25, -0.2) is 0 Å². The number of thioether (sulfide) groups is 1. The molecule has 0 fully saturated rings. The standard InChI is InChI=1S/C19H15F3N4OS2/c1-26-12-23-25-18(26)28-15-9-5-14(6-10-15)24-17(27)11-4-13-2-7-16(8-3-13)29-19(20,21)22/h2-12H,1H3,(H,24,27)/b11-4+. The Morgan fingerprint density at radius 1 is 1.07 bits per heavy atom. The predicted octanol–water partition coefficient (Wildman–Crippen LogP) is 5.23. The second-order valence-electron chi connectivity index (χ2n) is 5.79. The Hall–Kier alpha value is -2.72. The maximum Gasteiger partial charge on any atom is 0.446 e. The number of carbonyl (C=O) groups is 1. The quantitative estimate of drug-likeness (QED) is 0.424. The first-order valence-electron chi connectivity index (χ1n) is 8.25. The van der Waals surface area contributed by atoms with E-state index in [0.29, 0.717) is 11.3 Å². The van der Waals surface area contributed by atoms with Crippen LogP contribution in [0.25, 0.3) is 6.08 Å². The van der Waals surface area contributed by atoms with Crippen LogP contribution in [0.5, 0.6) is 0 Å². The van der Waals surface area contributed by atoms with Crippen molar-refractivity contribution in [3.05, 3.63) is 66.5 Å². The van der Waals surface area contributed by atoms with Crippen molar-refractivity contribution >= 4 is 41.2 Å². The van der Waals surface area contributed by atoms with Crippen molar-refractivity contribution < 1.29 is 18.0 Å². The van der Waals surface area contributed by atoms with E-state index in [1.807, 2.05) is 19.2 Å². The molecule has 0 spiro atoms. The molecule has 3 aromatic rings. The molecule has 150 valence electrons. The fourth-order valence-electron chi connectivity index (χ4n) is 2.21. The molecule has 0 atom stereocenters. The minimum Gasteiger partial charge on any atom is -0.323 e. The Morgan fingerprint density at radius 2 is 1.72 bits per heavy atom. The molecule has 0 aliphatic heterocycles. The van der Waals surface area contributed by atoms with E-state index < -0.39 is 5.51 Å². The van der Waals surface area contributed by atoms with Crippen LogP contribution in [0.2, 0.25) is 0 Å². The summed E-state index contributed by atoms with van der Waals surface area (Å²) >= 11 is 1.28. The zero-order chi connectivity index (χ0) is 20.9. The maximum absolute atomic E-state index is 12.3. The SMILES string of the molecule is Cn1cnnc1Sc1ccc(NC(=O)/C=C/c2ccc(SC(F)(F)F)cc2)cc1. The van der Waals surface area contributed by atoms with Crippen LogP contribution in [0.4, 0.5) is 18.9 Å². The molecule has 1 amide bonds. The first-order valence-corrected chi connectivity index (χ1v) is 9.88. The molecule has 3 rings (SSSR count). The molecule has 0 aliphatic carbocycles. The average Bonchev–Trinajstić information content (AvgIpc) is 3.06. The van der Waals surface area contributed by atoms with Crippen molar-refractivity contribution in [1.82, 2.24) is 14.8 Å². The highest BCUT2D eigenvalue weighted by Crippen LogP contribution is 2.36.